The van der Waals surface area contributed by atoms with E-state index in [2.05, 4.69) is 42.4 Å². The highest BCUT2D eigenvalue weighted by molar-refractivity contribution is 7.90. The summed E-state index contributed by atoms with van der Waals surface area (Å²) < 4.78 is 95.7. The minimum absolute atomic E-state index is 0. The maximum absolute atomic E-state index is 14.6. The lowest BCUT2D eigenvalue weighted by Crippen LogP contribution is -2.41. The lowest BCUT2D eigenvalue weighted by atomic mass is 9.97. The van der Waals surface area contributed by atoms with Gasteiger partial charge in [0.05, 0.1) is 35.7 Å². The first-order valence-corrected chi connectivity index (χ1v) is 28.9. The third-order valence-corrected chi connectivity index (χ3v) is 16.2. The molecule has 18 nitrogen and oxygen atoms in total. The molecule has 2 atom stereocenters. The number of halogens is 2. The number of hydrogen-bond donors (Lipinski definition) is 3. The number of pyridine rings is 4. The SMILES string of the molecule is CC(C)COc1cc(F)cc(-c2ccc(C(=O)N(C)S(=O)(=O)c3cccc(N)n3)c(N3C[C@@H](C)CC3(C)C)n2)c1.CC(C)COc1cc(F)cc(-c2ccc(C(=O)NS(=O)(=O)c3cccc(N)n3)c(N3C[C@@H](C)CC3(C)C)n2)c1.[HH].[HH].[HH].[HH].[HH]. The molecule has 0 radical (unpaired) electrons. The molecule has 0 saturated carbocycles. The zero-order valence-corrected chi connectivity index (χ0v) is 48.0. The van der Waals surface area contributed by atoms with Gasteiger partial charge in [-0.3, -0.25) is 9.59 Å². The molecule has 0 bridgehead atoms. The molecular weight excluding hydrogens is 1050 g/mol. The first kappa shape index (κ1) is 59.2. The number of nitrogens with zero attached hydrogens (tertiary/aromatic N) is 7. The molecule has 5 N–H and O–H groups in total. The topological polar surface area (TPSA) is 246 Å². The molecule has 0 aliphatic carbocycles. The number of hydrogen-bond acceptors (Lipinski definition) is 16. The van der Waals surface area contributed by atoms with Gasteiger partial charge in [0.25, 0.3) is 31.9 Å². The molecule has 22 heteroatoms. The predicted octanol–water partition coefficient (Wildman–Crippen LogP) is 10.9. The Kier molecular flexibility index (Phi) is 17.6. The lowest BCUT2D eigenvalue weighted by molar-refractivity contribution is 0.0882. The quantitative estimate of drug-likeness (QED) is 0.0815. The third-order valence-electron chi connectivity index (χ3n) is 13.3. The van der Waals surface area contributed by atoms with Crippen LogP contribution in [0.1, 0.15) is 110 Å². The van der Waals surface area contributed by atoms with Crippen LogP contribution >= 0.6 is 0 Å². The summed E-state index contributed by atoms with van der Waals surface area (Å²) in [5.41, 5.74) is 12.6. The number of amides is 2. The van der Waals surface area contributed by atoms with Crippen LogP contribution in [0.5, 0.6) is 11.5 Å². The number of nitrogen functional groups attached to an aromatic ring is 2. The number of aromatic nitrogens is 4. The average Bonchev–Trinajstić information content (AvgIpc) is 3.82. The molecular formula is C57H80F2N10O8S2. The predicted molar refractivity (Wildman–Crippen MR) is 312 cm³/mol. The highest BCUT2D eigenvalue weighted by Gasteiger charge is 2.42. The summed E-state index contributed by atoms with van der Waals surface area (Å²) in [6, 6.07) is 23.3. The molecule has 4 aromatic heterocycles. The van der Waals surface area contributed by atoms with Gasteiger partial charge in [-0.25, -0.2) is 37.7 Å². The molecule has 2 saturated heterocycles. The van der Waals surface area contributed by atoms with E-state index in [1.54, 1.807) is 24.3 Å². The van der Waals surface area contributed by atoms with Gasteiger partial charge in [0.2, 0.25) is 0 Å². The molecule has 2 aliphatic heterocycles. The van der Waals surface area contributed by atoms with Crippen LogP contribution in [0.3, 0.4) is 0 Å². The number of ether oxygens (including phenoxy) is 2. The molecule has 6 aromatic rings. The maximum atomic E-state index is 14.6. The average molecular weight is 1140 g/mol. The molecule has 2 fully saturated rings. The molecule has 8 rings (SSSR count). The standard InChI is InChI=1S/C29H36FN5O4S.C28H34FN5O4S.5H2/c1-18(2)17-39-22-13-20(12-21(30)14-22)24-11-10-23(27(32-24)35-16-19(3)15-29(35,4)5)28(36)34(6)40(37,38)26-9-7-8-25(31)33-26;1-17(2)16-38-21-12-19(11-20(29)13-21)23-10-9-22(26(31-23)34-15-18(3)14-28(34,4)5)27(35)33-39(36,37)25-8-6-7-24(30)32-25;;;;;/h7-14,18-19H,15-17H2,1-6H3,(H2,31,33);6-13,17-18H,14-16H2,1-5H3,(H2,30,32)(H,33,35);5*1H/t19-;18-;;;;;/m00...../s1. The number of carbonyl (C=O) groups excluding carboxylic acids is 2. The number of carbonyl (C=O) groups is 2. The fourth-order valence-electron chi connectivity index (χ4n) is 9.81. The maximum Gasteiger partial charge on any atom is 0.284 e. The van der Waals surface area contributed by atoms with Gasteiger partial charge in [0.15, 0.2) is 10.1 Å². The second-order valence-corrected chi connectivity index (χ2v) is 25.9. The Balaban J connectivity index is 0.000000541. The summed E-state index contributed by atoms with van der Waals surface area (Å²) >= 11 is 0. The summed E-state index contributed by atoms with van der Waals surface area (Å²) in [5, 5.41) is -0.705. The number of nitrogens with one attached hydrogen (secondary N) is 1. The summed E-state index contributed by atoms with van der Waals surface area (Å²) in [6.07, 6.45) is 1.69. The van der Waals surface area contributed by atoms with E-state index >= 15 is 0 Å². The van der Waals surface area contributed by atoms with Gasteiger partial charge in [-0.05, 0) is 137 Å². The normalized spacial score (nSPS) is 16.8. The van der Waals surface area contributed by atoms with E-state index in [4.69, 9.17) is 30.9 Å². The van der Waals surface area contributed by atoms with E-state index in [9.17, 15) is 35.2 Å². The van der Waals surface area contributed by atoms with Crippen LogP contribution in [-0.2, 0) is 20.0 Å². The van der Waals surface area contributed by atoms with Crippen LogP contribution in [-0.4, -0.2) is 97.3 Å². The molecule has 0 unspecified atom stereocenters. The second kappa shape index (κ2) is 23.5. The number of benzene rings is 2. The Bertz CT molecular complexity index is 3500. The van der Waals surface area contributed by atoms with Crippen LogP contribution in [0.2, 0.25) is 0 Å². The van der Waals surface area contributed by atoms with Crippen LogP contribution in [0.15, 0.2) is 107 Å². The van der Waals surface area contributed by atoms with E-state index in [0.717, 1.165) is 12.8 Å². The van der Waals surface area contributed by atoms with Crippen molar-refractivity contribution in [1.82, 2.24) is 29.0 Å². The van der Waals surface area contributed by atoms with Crippen LogP contribution in [0.25, 0.3) is 22.5 Å². The van der Waals surface area contributed by atoms with Gasteiger partial charge in [0.1, 0.15) is 46.4 Å². The van der Waals surface area contributed by atoms with Crippen molar-refractivity contribution in [3.8, 4) is 34.0 Å². The summed E-state index contributed by atoms with van der Waals surface area (Å²) in [5.74, 6) is -0.0159. The zero-order chi connectivity index (χ0) is 57.9. The van der Waals surface area contributed by atoms with Crippen molar-refractivity contribution >= 4 is 55.1 Å². The van der Waals surface area contributed by atoms with E-state index in [-0.39, 0.29) is 62.9 Å². The first-order chi connectivity index (χ1) is 36.9. The van der Waals surface area contributed by atoms with E-state index in [1.165, 1.54) is 79.8 Å². The molecule has 2 amide bonds. The fraction of sp³-hybridized carbons (Fsp3) is 0.404. The highest BCUT2D eigenvalue weighted by atomic mass is 32.2. The van der Waals surface area contributed by atoms with Crippen molar-refractivity contribution in [2.75, 3.05) is 54.6 Å². The molecule has 432 valence electrons. The van der Waals surface area contributed by atoms with Crippen molar-refractivity contribution in [3.63, 3.8) is 0 Å². The van der Waals surface area contributed by atoms with Crippen molar-refractivity contribution in [2.24, 2.45) is 23.7 Å². The van der Waals surface area contributed by atoms with Crippen molar-refractivity contribution in [2.45, 2.75) is 103 Å². The van der Waals surface area contributed by atoms with E-state index in [1.807, 2.05) is 51.3 Å². The fourth-order valence-corrected chi connectivity index (χ4v) is 11.8. The van der Waals surface area contributed by atoms with Gasteiger partial charge < -0.3 is 30.7 Å². The summed E-state index contributed by atoms with van der Waals surface area (Å²) in [4.78, 5) is 48.5. The van der Waals surface area contributed by atoms with Crippen molar-refractivity contribution in [1.29, 1.82) is 0 Å². The van der Waals surface area contributed by atoms with Crippen molar-refractivity contribution in [3.05, 3.63) is 120 Å². The minimum atomic E-state index is -4.30. The molecule has 0 spiro atoms. The molecule has 6 heterocycles. The van der Waals surface area contributed by atoms with Crippen LogP contribution in [0.4, 0.5) is 32.1 Å². The Morgan fingerprint density at radius 3 is 1.53 bits per heavy atom. The number of rotatable bonds is 16. The van der Waals surface area contributed by atoms with E-state index < -0.39 is 43.5 Å². The Morgan fingerprint density at radius 1 is 0.671 bits per heavy atom. The van der Waals surface area contributed by atoms with Gasteiger partial charge in [0, 0.05) is 61.6 Å². The first-order valence-electron chi connectivity index (χ1n) is 25.9. The molecule has 2 aromatic carbocycles. The van der Waals surface area contributed by atoms with Gasteiger partial charge in [-0.2, -0.15) is 16.8 Å². The smallest absolute Gasteiger partial charge is 0.284 e. The van der Waals surface area contributed by atoms with Gasteiger partial charge in [-0.15, -0.1) is 0 Å². The summed E-state index contributed by atoms with van der Waals surface area (Å²) in [7, 11) is -7.41. The number of sulfonamides is 2. The minimum Gasteiger partial charge on any atom is -0.493 e. The number of nitrogens with two attached hydrogens (primary N) is 2. The van der Waals surface area contributed by atoms with Crippen molar-refractivity contribution < 1.29 is 51.8 Å². The Hall–Kier alpha value is -7.46. The third kappa shape index (κ3) is 14.1. The largest absolute Gasteiger partial charge is 0.493 e. The number of anilines is 4. The van der Waals surface area contributed by atoms with E-state index in [0.29, 0.717) is 88.1 Å². The van der Waals surface area contributed by atoms with Crippen LogP contribution < -0.4 is 35.5 Å². The van der Waals surface area contributed by atoms with Gasteiger partial charge in [-0.1, -0.05) is 53.7 Å². The second-order valence-electron chi connectivity index (χ2n) is 22.4. The monoisotopic (exact) mass is 1130 g/mol. The van der Waals surface area contributed by atoms with Gasteiger partial charge >= 0.3 is 0 Å². The Labute approximate surface area is 469 Å². The molecule has 79 heavy (non-hydrogen) atoms. The highest BCUT2D eigenvalue weighted by Crippen LogP contribution is 2.41. The lowest BCUT2D eigenvalue weighted by Gasteiger charge is -2.34. The van der Waals surface area contributed by atoms with Crippen LogP contribution in [0, 0.1) is 35.3 Å². The summed E-state index contributed by atoms with van der Waals surface area (Å²) in [6.45, 7) is 22.5. The molecule has 2 aliphatic rings. The zero-order valence-electron chi connectivity index (χ0n) is 46.4. The Morgan fingerprint density at radius 2 is 1.10 bits per heavy atom.